The lowest BCUT2D eigenvalue weighted by atomic mass is 9.86. The van der Waals surface area contributed by atoms with Gasteiger partial charge in [-0.25, -0.2) is 0 Å². The molecule has 0 saturated carbocycles. The lowest BCUT2D eigenvalue weighted by molar-refractivity contribution is -0.153. The van der Waals surface area contributed by atoms with Gasteiger partial charge in [0.1, 0.15) is 6.29 Å². The standard InChI is InChI=1S/C30H51N7O8/c1-24(2)4-5-26(40)36-22-30(23-36)6-3-7-37(30)27(41)18-31-25(39)19-33-10-8-32(16-17-38)9-11-34(20-28(42)43)14-15-35(13-12-33)21-29(44)45/h17,24H,3-16,18-23H2,1-2H3,(H,31,39)(H,42,43)(H,44,45). The molecular formula is C30H51N7O8. The number of carbonyl (C=O) groups is 6. The lowest BCUT2D eigenvalue weighted by Crippen LogP contribution is -2.70. The Morgan fingerprint density at radius 2 is 1.27 bits per heavy atom. The minimum Gasteiger partial charge on any atom is -0.480 e. The van der Waals surface area contributed by atoms with E-state index in [9.17, 15) is 39.0 Å². The average molecular weight is 638 g/mol. The normalized spacial score (nSPS) is 20.8. The number of carbonyl (C=O) groups excluding carboxylic acids is 4. The van der Waals surface area contributed by atoms with Crippen molar-refractivity contribution < 1.29 is 39.0 Å². The van der Waals surface area contributed by atoms with E-state index in [0.29, 0.717) is 84.3 Å². The second kappa shape index (κ2) is 17.5. The molecule has 0 aliphatic carbocycles. The Hall–Kier alpha value is -3.14. The molecule has 0 unspecified atom stereocenters. The number of hydrogen-bond donors (Lipinski definition) is 3. The van der Waals surface area contributed by atoms with Gasteiger partial charge in [0, 0.05) is 78.4 Å². The van der Waals surface area contributed by atoms with Crippen molar-refractivity contribution in [2.45, 2.75) is 45.1 Å². The highest BCUT2D eigenvalue weighted by molar-refractivity contribution is 5.86. The van der Waals surface area contributed by atoms with Crippen molar-refractivity contribution in [1.82, 2.24) is 34.7 Å². The van der Waals surface area contributed by atoms with Crippen LogP contribution < -0.4 is 5.32 Å². The molecule has 3 fully saturated rings. The lowest BCUT2D eigenvalue weighted by Gasteiger charge is -2.52. The van der Waals surface area contributed by atoms with Crippen LogP contribution in [-0.4, -0.2) is 186 Å². The van der Waals surface area contributed by atoms with Crippen molar-refractivity contribution in [3.8, 4) is 0 Å². The summed E-state index contributed by atoms with van der Waals surface area (Å²) in [7, 11) is 0. The van der Waals surface area contributed by atoms with Gasteiger partial charge >= 0.3 is 11.9 Å². The monoisotopic (exact) mass is 637 g/mol. The third-order valence-electron chi connectivity index (χ3n) is 8.94. The summed E-state index contributed by atoms with van der Waals surface area (Å²) in [6.45, 7) is 8.58. The zero-order chi connectivity index (χ0) is 33.0. The van der Waals surface area contributed by atoms with Crippen LogP contribution in [0.2, 0.25) is 0 Å². The molecule has 3 amide bonds. The van der Waals surface area contributed by atoms with E-state index >= 15 is 0 Å². The first-order valence-corrected chi connectivity index (χ1v) is 16.0. The Balaban J connectivity index is 1.55. The van der Waals surface area contributed by atoms with Gasteiger partial charge in [-0.05, 0) is 25.2 Å². The van der Waals surface area contributed by atoms with E-state index in [2.05, 4.69) is 19.2 Å². The SMILES string of the molecule is CC(C)CCC(=O)N1CC2(CCCN2C(=O)CNC(=O)CN2CCN(CC=O)CCN(CC(=O)O)CCN(CC(=O)O)CC2)C1. The summed E-state index contributed by atoms with van der Waals surface area (Å²) < 4.78 is 0. The fraction of sp³-hybridized carbons (Fsp3) is 0.800. The first kappa shape index (κ1) is 36.3. The number of amides is 3. The molecule has 1 spiro atoms. The van der Waals surface area contributed by atoms with Crippen LogP contribution in [-0.2, 0) is 28.8 Å². The van der Waals surface area contributed by atoms with Crippen molar-refractivity contribution in [3.63, 3.8) is 0 Å². The van der Waals surface area contributed by atoms with E-state index in [1.165, 1.54) is 0 Å². The highest BCUT2D eigenvalue weighted by Gasteiger charge is 2.53. The maximum atomic E-state index is 13.2. The fourth-order valence-electron chi connectivity index (χ4n) is 6.32. The Morgan fingerprint density at radius 1 is 0.756 bits per heavy atom. The number of carboxylic acids is 2. The van der Waals surface area contributed by atoms with Crippen LogP contribution in [0.5, 0.6) is 0 Å². The van der Waals surface area contributed by atoms with E-state index < -0.39 is 11.9 Å². The largest absolute Gasteiger partial charge is 0.480 e. The van der Waals surface area contributed by atoms with Gasteiger partial charge in [0.05, 0.1) is 38.3 Å². The predicted molar refractivity (Wildman–Crippen MR) is 164 cm³/mol. The quantitative estimate of drug-likeness (QED) is 0.196. The molecule has 3 N–H and O–H groups in total. The van der Waals surface area contributed by atoms with Crippen LogP contribution in [0.1, 0.15) is 39.5 Å². The molecule has 3 saturated heterocycles. The predicted octanol–water partition coefficient (Wildman–Crippen LogP) is -1.67. The van der Waals surface area contributed by atoms with E-state index in [-0.39, 0.29) is 56.0 Å². The molecule has 3 aliphatic rings. The van der Waals surface area contributed by atoms with Crippen LogP contribution in [0, 0.1) is 5.92 Å². The van der Waals surface area contributed by atoms with E-state index in [0.717, 1.165) is 25.5 Å². The van der Waals surface area contributed by atoms with Crippen molar-refractivity contribution in [1.29, 1.82) is 0 Å². The third-order valence-corrected chi connectivity index (χ3v) is 8.94. The number of nitrogens with one attached hydrogen (secondary N) is 1. The Labute approximate surface area is 265 Å². The first-order valence-electron chi connectivity index (χ1n) is 16.0. The first-order chi connectivity index (χ1) is 21.4. The third kappa shape index (κ3) is 11.6. The van der Waals surface area contributed by atoms with Gasteiger partial charge in [0.25, 0.3) is 0 Å². The summed E-state index contributed by atoms with van der Waals surface area (Å²) >= 11 is 0. The molecule has 0 aromatic carbocycles. The second-order valence-electron chi connectivity index (χ2n) is 12.9. The van der Waals surface area contributed by atoms with E-state index in [1.807, 2.05) is 19.6 Å². The highest BCUT2D eigenvalue weighted by Crippen LogP contribution is 2.38. The molecule has 3 rings (SSSR count). The molecule has 3 aliphatic heterocycles. The van der Waals surface area contributed by atoms with Gasteiger partial charge < -0.3 is 30.1 Å². The Kier molecular flexibility index (Phi) is 14.1. The van der Waals surface area contributed by atoms with Crippen LogP contribution >= 0.6 is 0 Å². The molecule has 15 nitrogen and oxygen atoms in total. The number of rotatable bonds is 13. The van der Waals surface area contributed by atoms with Crippen molar-refractivity contribution in [2.75, 3.05) is 105 Å². The molecular weight excluding hydrogens is 586 g/mol. The van der Waals surface area contributed by atoms with Crippen molar-refractivity contribution in [2.24, 2.45) is 5.92 Å². The van der Waals surface area contributed by atoms with Gasteiger partial charge in [-0.1, -0.05) is 13.8 Å². The van der Waals surface area contributed by atoms with Gasteiger partial charge in [-0.2, -0.15) is 0 Å². The average Bonchev–Trinajstić information content (AvgIpc) is 3.40. The maximum Gasteiger partial charge on any atom is 0.317 e. The molecule has 3 heterocycles. The summed E-state index contributed by atoms with van der Waals surface area (Å²) in [4.78, 5) is 83.8. The summed E-state index contributed by atoms with van der Waals surface area (Å²) in [5, 5.41) is 21.5. The van der Waals surface area contributed by atoms with Crippen LogP contribution in [0.3, 0.4) is 0 Å². The molecule has 0 bridgehead atoms. The number of nitrogens with zero attached hydrogens (tertiary/aromatic N) is 6. The van der Waals surface area contributed by atoms with Gasteiger partial charge in [0.2, 0.25) is 17.7 Å². The van der Waals surface area contributed by atoms with Crippen molar-refractivity contribution >= 4 is 35.9 Å². The van der Waals surface area contributed by atoms with E-state index in [1.54, 1.807) is 9.80 Å². The molecule has 254 valence electrons. The molecule has 45 heavy (non-hydrogen) atoms. The topological polar surface area (TPSA) is 174 Å². The Bertz CT molecular complexity index is 1050. The smallest absolute Gasteiger partial charge is 0.317 e. The minimum atomic E-state index is -0.999. The number of likely N-dealkylation sites (tertiary alicyclic amines) is 2. The number of aliphatic carboxylic acids is 2. The van der Waals surface area contributed by atoms with Crippen molar-refractivity contribution in [3.05, 3.63) is 0 Å². The number of hydrogen-bond acceptors (Lipinski definition) is 10. The van der Waals surface area contributed by atoms with Crippen LogP contribution in [0.15, 0.2) is 0 Å². The molecule has 0 radical (unpaired) electrons. The summed E-state index contributed by atoms with van der Waals surface area (Å²) in [5.41, 5.74) is -0.345. The van der Waals surface area contributed by atoms with Gasteiger partial charge in [-0.15, -0.1) is 0 Å². The number of carboxylic acid groups (broad SMARTS) is 2. The molecule has 0 aromatic heterocycles. The molecule has 0 atom stereocenters. The van der Waals surface area contributed by atoms with Gasteiger partial charge in [0.15, 0.2) is 0 Å². The second-order valence-corrected chi connectivity index (χ2v) is 12.9. The highest BCUT2D eigenvalue weighted by atomic mass is 16.4. The minimum absolute atomic E-state index is 0.00245. The molecule has 0 aromatic rings. The zero-order valence-corrected chi connectivity index (χ0v) is 26.8. The number of aldehydes is 1. The summed E-state index contributed by atoms with van der Waals surface area (Å²) in [6.07, 6.45) is 3.84. The summed E-state index contributed by atoms with van der Waals surface area (Å²) in [5.74, 6) is -1.90. The maximum absolute atomic E-state index is 13.2. The van der Waals surface area contributed by atoms with Crippen LogP contribution in [0.25, 0.3) is 0 Å². The fourth-order valence-corrected chi connectivity index (χ4v) is 6.32. The summed E-state index contributed by atoms with van der Waals surface area (Å²) in [6, 6.07) is 0. The van der Waals surface area contributed by atoms with Crippen LogP contribution in [0.4, 0.5) is 0 Å². The Morgan fingerprint density at radius 3 is 1.76 bits per heavy atom. The van der Waals surface area contributed by atoms with E-state index in [4.69, 9.17) is 0 Å². The molecule has 15 heteroatoms. The zero-order valence-electron chi connectivity index (χ0n) is 26.8. The van der Waals surface area contributed by atoms with Gasteiger partial charge in [-0.3, -0.25) is 43.6 Å².